The molecule has 2 heterocycles. The third-order valence-electron chi connectivity index (χ3n) is 6.42. The van der Waals surface area contributed by atoms with E-state index in [4.69, 9.17) is 9.15 Å². The van der Waals surface area contributed by atoms with Crippen LogP contribution in [0.1, 0.15) is 33.3 Å². The Bertz CT molecular complexity index is 1530. The summed E-state index contributed by atoms with van der Waals surface area (Å²) < 4.78 is 12.3. The number of methoxy groups -OCH3 is 1. The first-order chi connectivity index (χ1) is 16.8. The first-order valence-electron chi connectivity index (χ1n) is 11.0. The molecule has 5 rings (SSSR count). The van der Waals surface area contributed by atoms with Crippen molar-refractivity contribution in [2.75, 3.05) is 12.0 Å². The number of benzene rings is 3. The molecule has 0 bridgehead atoms. The van der Waals surface area contributed by atoms with Crippen LogP contribution in [0.15, 0.2) is 87.0 Å². The van der Waals surface area contributed by atoms with Crippen LogP contribution in [-0.2, 0) is 4.79 Å². The number of fused-ring (bicyclic) bond motifs is 1. The highest BCUT2D eigenvalue weighted by molar-refractivity contribution is 9.10. The molecule has 3 aromatic carbocycles. The highest BCUT2D eigenvalue weighted by Gasteiger charge is 2.46. The Morgan fingerprint density at radius 1 is 1.06 bits per heavy atom. The summed E-state index contributed by atoms with van der Waals surface area (Å²) in [4.78, 5) is 28.8. The zero-order valence-electron chi connectivity index (χ0n) is 19.3. The Labute approximate surface area is 210 Å². The number of aryl methyl sites for hydroxylation is 1. The molecular weight excluding hydrogens is 510 g/mol. The van der Waals surface area contributed by atoms with Gasteiger partial charge in [-0.05, 0) is 61.4 Å². The molecule has 6 nitrogen and oxygen atoms in total. The van der Waals surface area contributed by atoms with Crippen LogP contribution in [0, 0.1) is 13.8 Å². The van der Waals surface area contributed by atoms with Crippen molar-refractivity contribution in [3.8, 4) is 5.75 Å². The molecule has 0 spiro atoms. The van der Waals surface area contributed by atoms with Crippen molar-refractivity contribution in [1.29, 1.82) is 0 Å². The topological polar surface area (TPSA) is 80.0 Å². The van der Waals surface area contributed by atoms with E-state index in [1.54, 1.807) is 30.3 Å². The molecule has 1 N–H and O–H groups in total. The number of ether oxygens (including phenoxy) is 1. The van der Waals surface area contributed by atoms with Gasteiger partial charge < -0.3 is 14.3 Å². The average molecular weight is 532 g/mol. The normalized spacial score (nSPS) is 15.8. The number of amides is 1. The molecule has 7 heteroatoms. The van der Waals surface area contributed by atoms with Crippen molar-refractivity contribution >= 4 is 44.3 Å². The first-order valence-corrected chi connectivity index (χ1v) is 11.8. The lowest BCUT2D eigenvalue weighted by Gasteiger charge is -2.29. The van der Waals surface area contributed by atoms with Crippen LogP contribution in [0.2, 0.25) is 0 Å². The molecule has 176 valence electrons. The number of carbonyl (C=O) groups is 2. The molecule has 0 fully saturated rings. The maximum Gasteiger partial charge on any atom is 0.294 e. The van der Waals surface area contributed by atoms with Crippen molar-refractivity contribution in [3.63, 3.8) is 0 Å². The van der Waals surface area contributed by atoms with Crippen LogP contribution in [0.3, 0.4) is 0 Å². The van der Waals surface area contributed by atoms with E-state index in [2.05, 4.69) is 15.9 Å². The number of rotatable bonds is 5. The maximum atomic E-state index is 13.8. The van der Waals surface area contributed by atoms with E-state index in [9.17, 15) is 14.7 Å². The van der Waals surface area contributed by atoms with E-state index in [-0.39, 0.29) is 11.3 Å². The van der Waals surface area contributed by atoms with Gasteiger partial charge in [0.05, 0.1) is 18.7 Å². The fourth-order valence-corrected chi connectivity index (χ4v) is 4.91. The van der Waals surface area contributed by atoms with E-state index in [0.717, 1.165) is 21.0 Å². The highest BCUT2D eigenvalue weighted by Crippen LogP contribution is 2.46. The van der Waals surface area contributed by atoms with Crippen LogP contribution >= 0.6 is 15.9 Å². The summed E-state index contributed by atoms with van der Waals surface area (Å²) in [6.45, 7) is 3.86. The molecule has 1 aliphatic heterocycles. The highest BCUT2D eigenvalue weighted by atomic mass is 79.9. The summed E-state index contributed by atoms with van der Waals surface area (Å²) in [5.41, 5.74) is 3.51. The van der Waals surface area contributed by atoms with E-state index >= 15 is 0 Å². The zero-order valence-corrected chi connectivity index (χ0v) is 20.9. The van der Waals surface area contributed by atoms with E-state index in [1.807, 2.05) is 50.2 Å². The molecule has 1 amide bonds. The fourth-order valence-electron chi connectivity index (χ4n) is 4.53. The Kier molecular flexibility index (Phi) is 5.73. The van der Waals surface area contributed by atoms with Gasteiger partial charge >= 0.3 is 0 Å². The van der Waals surface area contributed by atoms with Crippen molar-refractivity contribution in [1.82, 2.24) is 0 Å². The second-order valence-corrected chi connectivity index (χ2v) is 9.34. The number of aliphatic hydroxyl groups is 1. The quantitative estimate of drug-likeness (QED) is 0.293. The molecule has 4 aromatic rings. The van der Waals surface area contributed by atoms with Crippen molar-refractivity contribution < 1.29 is 23.8 Å². The number of hydrogen-bond donors (Lipinski definition) is 1. The van der Waals surface area contributed by atoms with Gasteiger partial charge in [-0.1, -0.05) is 46.3 Å². The van der Waals surface area contributed by atoms with Crippen molar-refractivity contribution in [2.24, 2.45) is 0 Å². The zero-order chi connectivity index (χ0) is 24.9. The van der Waals surface area contributed by atoms with E-state index in [1.165, 1.54) is 12.0 Å². The van der Waals surface area contributed by atoms with Crippen LogP contribution < -0.4 is 9.64 Å². The lowest BCUT2D eigenvalue weighted by Crippen LogP contribution is -2.32. The molecule has 0 saturated carbocycles. The fraction of sp³-hybridized carbons (Fsp3) is 0.143. The minimum Gasteiger partial charge on any atom is -0.503 e. The Hall–Kier alpha value is -3.84. The van der Waals surface area contributed by atoms with Gasteiger partial charge in [0.1, 0.15) is 11.3 Å². The number of halogens is 1. The minimum atomic E-state index is -0.911. The van der Waals surface area contributed by atoms with Gasteiger partial charge in [-0.2, -0.15) is 0 Å². The number of nitrogens with zero attached hydrogens (tertiary/aromatic N) is 1. The predicted molar refractivity (Wildman–Crippen MR) is 137 cm³/mol. The van der Waals surface area contributed by atoms with Crippen LogP contribution in [0.5, 0.6) is 5.75 Å². The number of aliphatic hydroxyl groups excluding tert-OH is 1. The number of carbonyl (C=O) groups excluding carboxylic acids is 2. The first kappa shape index (κ1) is 22.9. The Balaban J connectivity index is 1.72. The molecule has 35 heavy (non-hydrogen) atoms. The van der Waals surface area contributed by atoms with Gasteiger partial charge in [0.15, 0.2) is 11.5 Å². The van der Waals surface area contributed by atoms with Gasteiger partial charge in [-0.3, -0.25) is 14.5 Å². The number of para-hydroxylation sites is 1. The lowest BCUT2D eigenvalue weighted by molar-refractivity contribution is -0.117. The summed E-state index contributed by atoms with van der Waals surface area (Å²) in [5.74, 6) is -1.29. The summed E-state index contributed by atoms with van der Waals surface area (Å²) in [6, 6.07) is 18.9. The lowest BCUT2D eigenvalue weighted by atomic mass is 9.93. The summed E-state index contributed by atoms with van der Waals surface area (Å²) in [5, 5.41) is 11.8. The molecule has 0 aliphatic carbocycles. The molecule has 1 aromatic heterocycles. The summed E-state index contributed by atoms with van der Waals surface area (Å²) in [7, 11) is 1.53. The van der Waals surface area contributed by atoms with E-state index < -0.39 is 23.5 Å². The predicted octanol–water partition coefficient (Wildman–Crippen LogP) is 6.60. The largest absolute Gasteiger partial charge is 0.503 e. The smallest absolute Gasteiger partial charge is 0.294 e. The average Bonchev–Trinajstić information content (AvgIpc) is 3.39. The van der Waals surface area contributed by atoms with Crippen molar-refractivity contribution in [3.05, 3.63) is 105 Å². The Morgan fingerprint density at radius 2 is 1.83 bits per heavy atom. The van der Waals surface area contributed by atoms with Crippen LogP contribution in [0.4, 0.5) is 5.69 Å². The number of ketones is 1. The molecule has 0 radical (unpaired) electrons. The standard InChI is InChI=1S/C28H22BrNO5/c1-15-7-6-9-20(16(15)2)30-25(19-8-4-5-10-22(19)34-3)24(27(32)28(30)33)26(31)23-14-17-13-18(29)11-12-21(17)35-23/h4-14,25,32H,1-3H3. The molecule has 0 saturated heterocycles. The summed E-state index contributed by atoms with van der Waals surface area (Å²) >= 11 is 3.42. The van der Waals surface area contributed by atoms with Gasteiger partial charge in [-0.15, -0.1) is 0 Å². The van der Waals surface area contributed by atoms with Gasteiger partial charge in [-0.25, -0.2) is 0 Å². The molecular formula is C28H22BrNO5. The van der Waals surface area contributed by atoms with Gasteiger partial charge in [0.2, 0.25) is 5.78 Å². The van der Waals surface area contributed by atoms with Crippen LogP contribution in [0.25, 0.3) is 11.0 Å². The number of hydrogen-bond acceptors (Lipinski definition) is 5. The molecule has 1 unspecified atom stereocenters. The summed E-state index contributed by atoms with van der Waals surface area (Å²) in [6.07, 6.45) is 0. The molecule has 1 aliphatic rings. The number of Topliss-reactive ketones (excluding diaryl/α,β-unsaturated/α-hetero) is 1. The maximum absolute atomic E-state index is 13.8. The van der Waals surface area contributed by atoms with Crippen LogP contribution in [-0.4, -0.2) is 23.9 Å². The minimum absolute atomic E-state index is 0.0372. The van der Waals surface area contributed by atoms with Crippen molar-refractivity contribution in [2.45, 2.75) is 19.9 Å². The van der Waals surface area contributed by atoms with Gasteiger partial charge in [0, 0.05) is 21.1 Å². The van der Waals surface area contributed by atoms with Gasteiger partial charge in [0.25, 0.3) is 5.91 Å². The molecule has 1 atom stereocenters. The van der Waals surface area contributed by atoms with E-state index in [0.29, 0.717) is 22.6 Å². The second kappa shape index (κ2) is 8.74. The third-order valence-corrected chi connectivity index (χ3v) is 6.92. The second-order valence-electron chi connectivity index (χ2n) is 8.42. The Morgan fingerprint density at radius 3 is 2.60 bits per heavy atom. The number of furan rings is 1. The monoisotopic (exact) mass is 531 g/mol. The SMILES string of the molecule is COc1ccccc1C1C(C(=O)c2cc3cc(Br)ccc3o2)=C(O)C(=O)N1c1cccc(C)c1C. The third kappa shape index (κ3) is 3.72. The number of anilines is 1.